The Balaban J connectivity index is 3.18. The summed E-state index contributed by atoms with van der Waals surface area (Å²) in [5, 5.41) is 7.94. The number of hydrogen-bond acceptors (Lipinski definition) is 4. The van der Waals surface area contributed by atoms with E-state index in [0.717, 1.165) is 0 Å². The van der Waals surface area contributed by atoms with Gasteiger partial charge in [0.15, 0.2) is 0 Å². The molecule has 1 atom stereocenters. The summed E-state index contributed by atoms with van der Waals surface area (Å²) in [5.41, 5.74) is 1.77. The third kappa shape index (κ3) is 8.07. The lowest BCUT2D eigenvalue weighted by Crippen LogP contribution is -2.12. The Labute approximate surface area is 52.8 Å². The highest BCUT2D eigenvalue weighted by molar-refractivity contribution is 7.50. The van der Waals surface area contributed by atoms with Crippen LogP contribution in [-0.2, 0) is 4.57 Å². The van der Waals surface area contributed by atoms with Crippen molar-refractivity contribution in [3.63, 3.8) is 0 Å². The van der Waals surface area contributed by atoms with E-state index >= 15 is 0 Å². The van der Waals surface area contributed by atoms with Crippen molar-refractivity contribution >= 4 is 7.60 Å². The first-order valence-electron chi connectivity index (χ1n) is 2.46. The molecule has 0 heterocycles. The van der Waals surface area contributed by atoms with Crippen molar-refractivity contribution in [2.75, 3.05) is 12.7 Å². The van der Waals surface area contributed by atoms with E-state index in [0.29, 0.717) is 0 Å². The highest BCUT2D eigenvalue weighted by atomic mass is 31.2. The number of nitrogens with one attached hydrogen (secondary N) is 1. The van der Waals surface area contributed by atoms with Gasteiger partial charge in [0, 0.05) is 12.7 Å². The van der Waals surface area contributed by atoms with Crippen LogP contribution in [0.25, 0.3) is 0 Å². The molecule has 0 amide bonds. The minimum absolute atomic E-state index is 0.173. The van der Waals surface area contributed by atoms with Gasteiger partial charge in [-0.3, -0.25) is 0 Å². The zero-order valence-electron chi connectivity index (χ0n) is 4.78. The second-order valence-corrected chi connectivity index (χ2v) is 3.34. The molecule has 0 aliphatic carbocycles. The van der Waals surface area contributed by atoms with Gasteiger partial charge < -0.3 is 19.6 Å². The van der Waals surface area contributed by atoms with Crippen LogP contribution in [0.2, 0.25) is 0 Å². The molecule has 9 heavy (non-hydrogen) atoms. The fourth-order valence-corrected chi connectivity index (χ4v) is 0.916. The van der Waals surface area contributed by atoms with E-state index in [9.17, 15) is 9.46 Å². The van der Waals surface area contributed by atoms with Crippen LogP contribution in [0, 0.1) is 0 Å². The zero-order valence-corrected chi connectivity index (χ0v) is 5.67. The Hall–Kier alpha value is 0.0700. The van der Waals surface area contributed by atoms with Gasteiger partial charge in [-0.2, -0.15) is 0 Å². The molecule has 1 unspecified atom stereocenters. The largest absolute Gasteiger partial charge is 0.779 e. The molecule has 0 aromatic rings. The molecule has 0 aromatic carbocycles. The van der Waals surface area contributed by atoms with Crippen LogP contribution < -0.4 is 10.4 Å². The normalized spacial score (nSPS) is 17.2. The van der Waals surface area contributed by atoms with E-state index in [-0.39, 0.29) is 19.1 Å². The van der Waals surface area contributed by atoms with E-state index in [1.807, 2.05) is 0 Å². The molecule has 0 spiro atoms. The lowest BCUT2D eigenvalue weighted by Gasteiger charge is -2.13. The first-order valence-corrected chi connectivity index (χ1v) is 4.22. The van der Waals surface area contributed by atoms with Crippen molar-refractivity contribution in [3.8, 4) is 0 Å². The van der Waals surface area contributed by atoms with Crippen molar-refractivity contribution in [1.82, 2.24) is 5.48 Å². The van der Waals surface area contributed by atoms with Gasteiger partial charge in [-0.25, -0.2) is 5.48 Å². The van der Waals surface area contributed by atoms with Gasteiger partial charge in [-0.15, -0.1) is 0 Å². The SMILES string of the molecule is O=P([O-])(O)CCCNO. The van der Waals surface area contributed by atoms with Crippen molar-refractivity contribution < 1.29 is 19.6 Å². The fraction of sp³-hybridized carbons (Fsp3) is 1.00. The lowest BCUT2D eigenvalue weighted by atomic mass is 10.5. The standard InChI is InChI=1S/C3H10NO4P/c5-4-2-1-3-9(6,7)8/h4-5H,1-3H2,(H2,6,7,8)/p-1. The van der Waals surface area contributed by atoms with Crippen LogP contribution in [0.5, 0.6) is 0 Å². The number of hydrogen-bond donors (Lipinski definition) is 3. The number of rotatable bonds is 4. The van der Waals surface area contributed by atoms with Gasteiger partial charge in [0.25, 0.3) is 0 Å². The van der Waals surface area contributed by atoms with Crippen LogP contribution in [0.1, 0.15) is 6.42 Å². The molecule has 0 aliphatic heterocycles. The van der Waals surface area contributed by atoms with Crippen molar-refractivity contribution in [2.45, 2.75) is 6.42 Å². The van der Waals surface area contributed by atoms with Crippen LogP contribution in [-0.4, -0.2) is 22.8 Å². The summed E-state index contributed by atoms with van der Waals surface area (Å²) in [6.45, 7) is 0.173. The summed E-state index contributed by atoms with van der Waals surface area (Å²) < 4.78 is 9.98. The topological polar surface area (TPSA) is 92.6 Å². The third-order valence-corrected chi connectivity index (χ3v) is 1.61. The van der Waals surface area contributed by atoms with Gasteiger partial charge in [0.05, 0.1) is 0 Å². The van der Waals surface area contributed by atoms with Crippen LogP contribution in [0.4, 0.5) is 0 Å². The first kappa shape index (κ1) is 9.07. The van der Waals surface area contributed by atoms with Crippen molar-refractivity contribution in [3.05, 3.63) is 0 Å². The summed E-state index contributed by atoms with van der Waals surface area (Å²) in [6, 6.07) is 0. The average Bonchev–Trinajstić information content (AvgIpc) is 1.63. The first-order chi connectivity index (χ1) is 4.06. The smallest absolute Gasteiger partial charge is 0.132 e. The summed E-state index contributed by atoms with van der Waals surface area (Å²) >= 11 is 0. The second-order valence-electron chi connectivity index (χ2n) is 1.62. The summed E-state index contributed by atoms with van der Waals surface area (Å²) in [4.78, 5) is 18.1. The number of hydroxylamine groups is 1. The molecule has 6 heteroatoms. The molecule has 0 bridgehead atoms. The van der Waals surface area contributed by atoms with E-state index in [1.165, 1.54) is 0 Å². The molecular weight excluding hydrogens is 145 g/mol. The molecule has 0 saturated heterocycles. The zero-order chi connectivity index (χ0) is 7.33. The monoisotopic (exact) mass is 154 g/mol. The molecule has 5 nitrogen and oxygen atoms in total. The molecule has 0 fully saturated rings. The van der Waals surface area contributed by atoms with E-state index in [2.05, 4.69) is 0 Å². The highest BCUT2D eigenvalue weighted by Gasteiger charge is 1.98. The maximum atomic E-state index is 9.98. The predicted octanol–water partition coefficient (Wildman–Crippen LogP) is -1.10. The minimum Gasteiger partial charge on any atom is -0.779 e. The molecule has 0 saturated carbocycles. The molecular formula is C3H9NO4P-. The molecule has 3 N–H and O–H groups in total. The van der Waals surface area contributed by atoms with Crippen molar-refractivity contribution in [1.29, 1.82) is 0 Å². The Bertz CT molecular complexity index is 110. The van der Waals surface area contributed by atoms with Gasteiger partial charge in [0.1, 0.15) is 7.60 Å². The Morgan fingerprint density at radius 1 is 1.67 bits per heavy atom. The minimum atomic E-state index is -4.10. The fourth-order valence-electron chi connectivity index (χ4n) is 0.358. The summed E-state index contributed by atoms with van der Waals surface area (Å²) in [7, 11) is -4.10. The van der Waals surface area contributed by atoms with Crippen molar-refractivity contribution in [2.24, 2.45) is 0 Å². The molecule has 0 aliphatic rings. The Morgan fingerprint density at radius 2 is 2.22 bits per heavy atom. The van der Waals surface area contributed by atoms with E-state index < -0.39 is 7.60 Å². The molecule has 0 aromatic heterocycles. The van der Waals surface area contributed by atoms with Gasteiger partial charge in [-0.1, -0.05) is 0 Å². The van der Waals surface area contributed by atoms with Crippen LogP contribution >= 0.6 is 7.60 Å². The van der Waals surface area contributed by atoms with Crippen LogP contribution in [0.3, 0.4) is 0 Å². The maximum Gasteiger partial charge on any atom is 0.132 e. The van der Waals surface area contributed by atoms with Gasteiger partial charge in [0.2, 0.25) is 0 Å². The Kier molecular flexibility index (Phi) is 4.01. The van der Waals surface area contributed by atoms with E-state index in [1.54, 1.807) is 5.48 Å². The third-order valence-electron chi connectivity index (χ3n) is 0.729. The quantitative estimate of drug-likeness (QED) is 0.271. The summed E-state index contributed by atoms with van der Waals surface area (Å²) in [5.74, 6) is 0. The molecule has 56 valence electrons. The maximum absolute atomic E-state index is 9.98. The second kappa shape index (κ2) is 3.98. The van der Waals surface area contributed by atoms with Gasteiger partial charge >= 0.3 is 0 Å². The van der Waals surface area contributed by atoms with Gasteiger partial charge in [-0.05, 0) is 6.42 Å². The van der Waals surface area contributed by atoms with E-state index in [4.69, 9.17) is 10.1 Å². The predicted molar refractivity (Wildman–Crippen MR) is 29.1 cm³/mol. The molecule has 0 radical (unpaired) electrons. The van der Waals surface area contributed by atoms with Crippen LogP contribution in [0.15, 0.2) is 0 Å². The highest BCUT2D eigenvalue weighted by Crippen LogP contribution is 2.28. The lowest BCUT2D eigenvalue weighted by molar-refractivity contribution is -0.193. The summed E-state index contributed by atoms with van der Waals surface area (Å²) in [6.07, 6.45) is -0.0751. The average molecular weight is 154 g/mol. The molecule has 0 rings (SSSR count). The Morgan fingerprint density at radius 3 is 2.56 bits per heavy atom.